The number of benzene rings is 2. The van der Waals surface area contributed by atoms with Crippen molar-refractivity contribution in [1.29, 1.82) is 0 Å². The zero-order valence-electron chi connectivity index (χ0n) is 14.8. The van der Waals surface area contributed by atoms with Crippen molar-refractivity contribution in [3.63, 3.8) is 0 Å². The van der Waals surface area contributed by atoms with Crippen molar-refractivity contribution in [3.05, 3.63) is 63.7 Å². The number of carbonyl (C=O) groups excluding carboxylic acids is 1. The second-order valence-corrected chi connectivity index (χ2v) is 7.38. The molecule has 0 bridgehead atoms. The van der Waals surface area contributed by atoms with Gasteiger partial charge in [-0.2, -0.15) is 0 Å². The third kappa shape index (κ3) is 5.25. The molecule has 0 atom stereocenters. The Bertz CT molecular complexity index is 942. The van der Waals surface area contributed by atoms with Crippen LogP contribution in [0.2, 0.25) is 0 Å². The van der Waals surface area contributed by atoms with Gasteiger partial charge in [0.25, 0.3) is 11.6 Å². The number of amides is 1. The van der Waals surface area contributed by atoms with Crippen LogP contribution >= 0.6 is 0 Å². The molecule has 1 amide bonds. The number of nitro benzene ring substituents is 1. The second kappa shape index (κ2) is 8.60. The monoisotopic (exact) mass is 393 g/mol. The van der Waals surface area contributed by atoms with Gasteiger partial charge in [-0.25, -0.2) is 13.1 Å². The summed E-state index contributed by atoms with van der Waals surface area (Å²) in [7, 11) is -2.34. The van der Waals surface area contributed by atoms with Gasteiger partial charge in [-0.1, -0.05) is 17.7 Å². The van der Waals surface area contributed by atoms with Crippen molar-refractivity contribution in [1.82, 2.24) is 10.0 Å². The van der Waals surface area contributed by atoms with E-state index in [0.29, 0.717) is 0 Å². The van der Waals surface area contributed by atoms with Gasteiger partial charge in [-0.15, -0.1) is 0 Å². The average Bonchev–Trinajstić information content (AvgIpc) is 2.64. The maximum absolute atomic E-state index is 12.2. The molecule has 9 nitrogen and oxygen atoms in total. The molecule has 0 aliphatic rings. The van der Waals surface area contributed by atoms with Crippen molar-refractivity contribution in [2.45, 2.75) is 11.8 Å². The molecule has 2 aromatic carbocycles. The van der Waals surface area contributed by atoms with E-state index in [4.69, 9.17) is 4.74 Å². The molecule has 0 unspecified atom stereocenters. The summed E-state index contributed by atoms with van der Waals surface area (Å²) >= 11 is 0. The number of non-ortho nitro benzene ring substituents is 1. The lowest BCUT2D eigenvalue weighted by Crippen LogP contribution is -2.34. The van der Waals surface area contributed by atoms with Gasteiger partial charge in [0.05, 0.1) is 22.5 Å². The zero-order valence-corrected chi connectivity index (χ0v) is 15.6. The summed E-state index contributed by atoms with van der Waals surface area (Å²) in [5.74, 6) is -0.427. The molecule has 0 saturated heterocycles. The molecule has 0 aromatic heterocycles. The summed E-state index contributed by atoms with van der Waals surface area (Å²) < 4.78 is 31.7. The van der Waals surface area contributed by atoms with Crippen LogP contribution in [0.4, 0.5) is 5.69 Å². The Hall–Kier alpha value is -2.98. The van der Waals surface area contributed by atoms with Gasteiger partial charge < -0.3 is 10.1 Å². The first-order valence-corrected chi connectivity index (χ1v) is 9.40. The standard InChI is InChI=1S/C17H19N3O6S/c1-12-3-6-14(7-4-12)27(24,25)19-10-9-18-17(21)15-11-13(20(22)23)5-8-16(15)26-2/h3-8,11,19H,9-10H2,1-2H3,(H,18,21). The SMILES string of the molecule is COc1ccc([N+](=O)[O-])cc1C(=O)NCCNS(=O)(=O)c1ccc(C)cc1. The number of sulfonamides is 1. The van der Waals surface area contributed by atoms with Gasteiger partial charge in [-0.05, 0) is 25.1 Å². The van der Waals surface area contributed by atoms with Crippen molar-refractivity contribution in [3.8, 4) is 5.75 Å². The van der Waals surface area contributed by atoms with Crippen molar-refractivity contribution < 1.29 is 22.9 Å². The highest BCUT2D eigenvalue weighted by Crippen LogP contribution is 2.23. The lowest BCUT2D eigenvalue weighted by Gasteiger charge is -2.10. The largest absolute Gasteiger partial charge is 0.496 e. The fourth-order valence-electron chi connectivity index (χ4n) is 2.24. The number of ether oxygens (including phenoxy) is 1. The van der Waals surface area contributed by atoms with E-state index >= 15 is 0 Å². The number of carbonyl (C=O) groups is 1. The molecular weight excluding hydrogens is 374 g/mol. The maximum atomic E-state index is 12.2. The lowest BCUT2D eigenvalue weighted by atomic mass is 10.1. The van der Waals surface area contributed by atoms with E-state index in [1.54, 1.807) is 12.1 Å². The van der Waals surface area contributed by atoms with Crippen LogP contribution in [0, 0.1) is 17.0 Å². The number of methoxy groups -OCH3 is 1. The van der Waals surface area contributed by atoms with Gasteiger partial charge in [0, 0.05) is 25.2 Å². The molecule has 27 heavy (non-hydrogen) atoms. The molecule has 0 heterocycles. The van der Waals surface area contributed by atoms with Gasteiger partial charge in [0.15, 0.2) is 0 Å². The number of nitrogens with one attached hydrogen (secondary N) is 2. The minimum Gasteiger partial charge on any atom is -0.496 e. The number of hydrogen-bond acceptors (Lipinski definition) is 6. The number of nitrogens with zero attached hydrogens (tertiary/aromatic N) is 1. The van der Waals surface area contributed by atoms with Crippen LogP contribution < -0.4 is 14.8 Å². The molecule has 0 aliphatic carbocycles. The molecule has 2 rings (SSSR count). The van der Waals surface area contributed by atoms with Crippen LogP contribution in [-0.2, 0) is 10.0 Å². The highest BCUT2D eigenvalue weighted by Gasteiger charge is 2.18. The Morgan fingerprint density at radius 3 is 2.41 bits per heavy atom. The first-order valence-electron chi connectivity index (χ1n) is 7.91. The predicted molar refractivity (Wildman–Crippen MR) is 98.3 cm³/mol. The van der Waals surface area contributed by atoms with E-state index in [2.05, 4.69) is 10.0 Å². The predicted octanol–water partition coefficient (Wildman–Crippen LogP) is 1.62. The summed E-state index contributed by atoms with van der Waals surface area (Å²) in [6.45, 7) is 1.80. The third-order valence-electron chi connectivity index (χ3n) is 3.67. The Morgan fingerprint density at radius 2 is 1.81 bits per heavy atom. The van der Waals surface area contributed by atoms with E-state index in [0.717, 1.165) is 11.6 Å². The van der Waals surface area contributed by atoms with E-state index < -0.39 is 20.9 Å². The van der Waals surface area contributed by atoms with Crippen LogP contribution in [0.25, 0.3) is 0 Å². The zero-order chi connectivity index (χ0) is 20.0. The average molecular weight is 393 g/mol. The molecule has 0 radical (unpaired) electrons. The van der Waals surface area contributed by atoms with Gasteiger partial charge in [0.2, 0.25) is 10.0 Å². The Balaban J connectivity index is 1.97. The lowest BCUT2D eigenvalue weighted by molar-refractivity contribution is -0.384. The molecule has 10 heteroatoms. The van der Waals surface area contributed by atoms with Gasteiger partial charge >= 0.3 is 0 Å². The van der Waals surface area contributed by atoms with Crippen LogP contribution in [0.3, 0.4) is 0 Å². The third-order valence-corrected chi connectivity index (χ3v) is 5.15. The summed E-state index contributed by atoms with van der Waals surface area (Å²) in [6, 6.07) is 10.0. The van der Waals surface area contributed by atoms with E-state index in [-0.39, 0.29) is 35.0 Å². The Kier molecular flexibility index (Phi) is 6.48. The summed E-state index contributed by atoms with van der Waals surface area (Å²) in [5.41, 5.74) is 0.682. The molecule has 0 saturated carbocycles. The van der Waals surface area contributed by atoms with E-state index in [1.807, 2.05) is 6.92 Å². The number of rotatable bonds is 8. The van der Waals surface area contributed by atoms with Gasteiger partial charge in [0.1, 0.15) is 5.75 Å². The highest BCUT2D eigenvalue weighted by atomic mass is 32.2. The molecule has 144 valence electrons. The molecule has 2 aromatic rings. The minimum atomic E-state index is -3.69. The minimum absolute atomic E-state index is 0.00420. The van der Waals surface area contributed by atoms with Crippen LogP contribution in [0.15, 0.2) is 47.4 Å². The van der Waals surface area contributed by atoms with Crippen LogP contribution in [0.1, 0.15) is 15.9 Å². The Labute approximate surface area is 156 Å². The quantitative estimate of drug-likeness (QED) is 0.398. The first kappa shape index (κ1) is 20.3. The number of aryl methyl sites for hydroxylation is 1. The molecule has 0 spiro atoms. The molecule has 0 fully saturated rings. The number of nitro groups is 1. The fourth-order valence-corrected chi connectivity index (χ4v) is 3.28. The normalized spacial score (nSPS) is 11.0. The van der Waals surface area contributed by atoms with Gasteiger partial charge in [-0.3, -0.25) is 14.9 Å². The second-order valence-electron chi connectivity index (χ2n) is 5.61. The number of hydrogen-bond donors (Lipinski definition) is 2. The highest BCUT2D eigenvalue weighted by molar-refractivity contribution is 7.89. The van der Waals surface area contributed by atoms with Crippen LogP contribution in [-0.4, -0.2) is 39.4 Å². The summed E-state index contributed by atoms with van der Waals surface area (Å²) in [6.07, 6.45) is 0. The van der Waals surface area contributed by atoms with Crippen molar-refractivity contribution in [2.24, 2.45) is 0 Å². The molecule has 0 aliphatic heterocycles. The van der Waals surface area contributed by atoms with Crippen molar-refractivity contribution in [2.75, 3.05) is 20.2 Å². The van der Waals surface area contributed by atoms with Crippen LogP contribution in [0.5, 0.6) is 5.75 Å². The summed E-state index contributed by atoms with van der Waals surface area (Å²) in [4.78, 5) is 22.6. The topological polar surface area (TPSA) is 128 Å². The van der Waals surface area contributed by atoms with E-state index in [9.17, 15) is 23.3 Å². The maximum Gasteiger partial charge on any atom is 0.270 e. The molecule has 2 N–H and O–H groups in total. The summed E-state index contributed by atoms with van der Waals surface area (Å²) in [5, 5.41) is 13.4. The Morgan fingerprint density at radius 1 is 1.15 bits per heavy atom. The first-order chi connectivity index (χ1) is 12.7. The molecular formula is C17H19N3O6S. The fraction of sp³-hybridized carbons (Fsp3) is 0.235. The smallest absolute Gasteiger partial charge is 0.270 e. The van der Waals surface area contributed by atoms with Crippen molar-refractivity contribution >= 4 is 21.6 Å². The van der Waals surface area contributed by atoms with E-state index in [1.165, 1.54) is 31.4 Å².